The van der Waals surface area contributed by atoms with Crippen molar-refractivity contribution >= 4 is 33.7 Å². The van der Waals surface area contributed by atoms with E-state index in [4.69, 9.17) is 0 Å². The van der Waals surface area contributed by atoms with Crippen molar-refractivity contribution in [1.29, 1.82) is 0 Å². The van der Waals surface area contributed by atoms with E-state index < -0.39 is 17.6 Å². The Labute approximate surface area is 168 Å². The second-order valence-electron chi connectivity index (χ2n) is 6.00. The molecule has 0 radical (unpaired) electrons. The predicted octanol–water partition coefficient (Wildman–Crippen LogP) is 5.96. The van der Waals surface area contributed by atoms with Crippen molar-refractivity contribution in [3.63, 3.8) is 0 Å². The second-order valence-corrected chi connectivity index (χ2v) is 6.91. The molecule has 0 aromatic carbocycles. The first kappa shape index (κ1) is 20.8. The first-order chi connectivity index (χ1) is 13.8. The molecule has 152 valence electrons. The lowest BCUT2D eigenvalue weighted by molar-refractivity contribution is -0.0910. The molecule has 0 saturated heterocycles. The molecule has 0 spiro atoms. The Morgan fingerprint density at radius 3 is 2.79 bits per heavy atom. The Balaban J connectivity index is 2.02. The SMILES string of the molecule is CC/C=C(/S/C=C(\C)C(F)(F)F)c1nc(Nc2ccncc2F)c2cccn2n1. The van der Waals surface area contributed by atoms with Crippen LogP contribution in [0.15, 0.2) is 53.8 Å². The van der Waals surface area contributed by atoms with Crippen molar-refractivity contribution < 1.29 is 17.6 Å². The van der Waals surface area contributed by atoms with Crippen LogP contribution in [0.5, 0.6) is 0 Å². The molecule has 3 aromatic rings. The van der Waals surface area contributed by atoms with Crippen LogP contribution in [0.1, 0.15) is 26.1 Å². The number of halogens is 4. The molecule has 10 heteroatoms. The largest absolute Gasteiger partial charge is 0.412 e. The average molecular weight is 423 g/mol. The molecule has 3 heterocycles. The van der Waals surface area contributed by atoms with Crippen molar-refractivity contribution in [2.24, 2.45) is 0 Å². The van der Waals surface area contributed by atoms with Crippen LogP contribution in [0.2, 0.25) is 0 Å². The molecule has 0 fully saturated rings. The number of nitrogens with one attached hydrogen (secondary N) is 1. The number of rotatable bonds is 6. The summed E-state index contributed by atoms with van der Waals surface area (Å²) in [7, 11) is 0. The van der Waals surface area contributed by atoms with Crippen LogP contribution in [0.4, 0.5) is 29.1 Å². The van der Waals surface area contributed by atoms with Gasteiger partial charge < -0.3 is 5.32 Å². The Kier molecular flexibility index (Phi) is 6.21. The van der Waals surface area contributed by atoms with Gasteiger partial charge in [0.15, 0.2) is 17.5 Å². The lowest BCUT2D eigenvalue weighted by atomic mass is 10.3. The number of pyridine rings is 1. The third kappa shape index (κ3) is 4.94. The number of thioether (sulfide) groups is 1. The van der Waals surface area contributed by atoms with Crippen LogP contribution in [0.3, 0.4) is 0 Å². The molecule has 3 aromatic heterocycles. The normalized spacial score (nSPS) is 13.2. The van der Waals surface area contributed by atoms with E-state index in [1.54, 1.807) is 24.4 Å². The highest BCUT2D eigenvalue weighted by molar-refractivity contribution is 8.10. The molecule has 5 nitrogen and oxygen atoms in total. The third-order valence-corrected chi connectivity index (χ3v) is 4.91. The second kappa shape index (κ2) is 8.64. The van der Waals surface area contributed by atoms with Gasteiger partial charge in [-0.05, 0) is 37.0 Å². The maximum atomic E-state index is 14.0. The molecule has 0 amide bonds. The Bertz CT molecular complexity index is 1070. The van der Waals surface area contributed by atoms with E-state index in [9.17, 15) is 17.6 Å². The highest BCUT2D eigenvalue weighted by Gasteiger charge is 2.30. The van der Waals surface area contributed by atoms with Crippen LogP contribution in [0, 0.1) is 5.82 Å². The number of fused-ring (bicyclic) bond motifs is 1. The zero-order valence-corrected chi connectivity index (χ0v) is 16.4. The minimum Gasteiger partial charge on any atom is -0.336 e. The lowest BCUT2D eigenvalue weighted by Crippen LogP contribution is -2.08. The Morgan fingerprint density at radius 1 is 1.31 bits per heavy atom. The lowest BCUT2D eigenvalue weighted by Gasteiger charge is -2.12. The minimum atomic E-state index is -4.40. The summed E-state index contributed by atoms with van der Waals surface area (Å²) in [4.78, 5) is 8.61. The van der Waals surface area contributed by atoms with Gasteiger partial charge >= 0.3 is 6.18 Å². The van der Waals surface area contributed by atoms with Crippen LogP contribution in [-0.2, 0) is 0 Å². The Hall–Kier alpha value is -2.88. The highest BCUT2D eigenvalue weighted by Crippen LogP contribution is 2.34. The van der Waals surface area contributed by atoms with Gasteiger partial charge in [0, 0.05) is 18.0 Å². The number of alkyl halides is 3. The molecule has 29 heavy (non-hydrogen) atoms. The van der Waals surface area contributed by atoms with Gasteiger partial charge in [0.05, 0.1) is 16.8 Å². The summed E-state index contributed by atoms with van der Waals surface area (Å²) in [6.45, 7) is 2.87. The van der Waals surface area contributed by atoms with Gasteiger partial charge in [-0.15, -0.1) is 5.10 Å². The summed E-state index contributed by atoms with van der Waals surface area (Å²) in [6, 6.07) is 4.95. The van der Waals surface area contributed by atoms with Crippen molar-refractivity contribution in [2.45, 2.75) is 26.4 Å². The van der Waals surface area contributed by atoms with E-state index in [0.717, 1.165) is 30.3 Å². The monoisotopic (exact) mass is 423 g/mol. The van der Waals surface area contributed by atoms with E-state index in [-0.39, 0.29) is 11.5 Å². The summed E-state index contributed by atoms with van der Waals surface area (Å²) < 4.78 is 54.0. The molecule has 0 unspecified atom stereocenters. The maximum Gasteiger partial charge on any atom is 0.412 e. The number of hydrogen-bond acceptors (Lipinski definition) is 5. The van der Waals surface area contributed by atoms with E-state index in [2.05, 4.69) is 20.4 Å². The van der Waals surface area contributed by atoms with Gasteiger partial charge in [-0.2, -0.15) is 13.2 Å². The van der Waals surface area contributed by atoms with Crippen molar-refractivity contribution in [1.82, 2.24) is 19.6 Å². The fourth-order valence-corrected chi connectivity index (χ4v) is 3.22. The van der Waals surface area contributed by atoms with Gasteiger partial charge in [0.1, 0.15) is 5.52 Å². The quantitative estimate of drug-likeness (QED) is 0.496. The molecule has 0 aliphatic rings. The summed E-state index contributed by atoms with van der Waals surface area (Å²) >= 11 is 0.892. The molecule has 1 N–H and O–H groups in total. The molecule has 0 atom stereocenters. The number of anilines is 2. The molecular weight excluding hydrogens is 406 g/mol. The number of nitrogens with zero attached hydrogens (tertiary/aromatic N) is 4. The molecule has 0 aliphatic heterocycles. The Morgan fingerprint density at radius 2 is 2.10 bits per heavy atom. The molecule has 0 bridgehead atoms. The van der Waals surface area contributed by atoms with Gasteiger partial charge in [0.25, 0.3) is 0 Å². The fraction of sp³-hybridized carbons (Fsp3) is 0.211. The van der Waals surface area contributed by atoms with Crippen molar-refractivity contribution in [3.8, 4) is 0 Å². The van der Waals surface area contributed by atoms with Gasteiger partial charge in [0.2, 0.25) is 0 Å². The molecule has 3 rings (SSSR count). The number of allylic oxidation sites excluding steroid dienone is 2. The zero-order chi connectivity index (χ0) is 21.0. The summed E-state index contributed by atoms with van der Waals surface area (Å²) in [5.74, 6) is -0.00670. The molecular formula is C19H17F4N5S. The van der Waals surface area contributed by atoms with E-state index in [0.29, 0.717) is 22.7 Å². The zero-order valence-electron chi connectivity index (χ0n) is 15.5. The first-order valence-electron chi connectivity index (χ1n) is 8.62. The topological polar surface area (TPSA) is 55.1 Å². The fourth-order valence-electron chi connectivity index (χ4n) is 2.33. The molecule has 0 saturated carbocycles. The van der Waals surface area contributed by atoms with Gasteiger partial charge in [-0.25, -0.2) is 13.9 Å². The molecule has 0 aliphatic carbocycles. The van der Waals surface area contributed by atoms with Crippen molar-refractivity contribution in [2.75, 3.05) is 5.32 Å². The van der Waals surface area contributed by atoms with Crippen LogP contribution in [0.25, 0.3) is 10.4 Å². The standard InChI is InChI=1S/C19H17F4N5S/c1-3-5-16(29-11-12(2)19(21,22)23)18-26-17(15-6-4-9-28(15)27-18)25-14-7-8-24-10-13(14)20/h4-11H,3H2,1-2H3,(H,24,25,26,27)/b12-11+,16-5+. The van der Waals surface area contributed by atoms with E-state index in [1.165, 1.54) is 16.8 Å². The van der Waals surface area contributed by atoms with Gasteiger partial charge in [-0.3, -0.25) is 4.98 Å². The third-order valence-electron chi connectivity index (χ3n) is 3.84. The smallest absolute Gasteiger partial charge is 0.336 e. The summed E-state index contributed by atoms with van der Waals surface area (Å²) in [5, 5.41) is 8.32. The van der Waals surface area contributed by atoms with Gasteiger partial charge in [-0.1, -0.05) is 24.8 Å². The predicted molar refractivity (Wildman–Crippen MR) is 106 cm³/mol. The first-order valence-corrected chi connectivity index (χ1v) is 9.50. The summed E-state index contributed by atoms with van der Waals surface area (Å²) in [5.41, 5.74) is 0.0470. The maximum absolute atomic E-state index is 14.0. The van der Waals surface area contributed by atoms with Crippen LogP contribution >= 0.6 is 11.8 Å². The highest BCUT2D eigenvalue weighted by atomic mass is 32.2. The summed E-state index contributed by atoms with van der Waals surface area (Å²) in [6.07, 6.45) is 2.11. The van der Waals surface area contributed by atoms with E-state index in [1.807, 2.05) is 6.92 Å². The van der Waals surface area contributed by atoms with Crippen LogP contribution in [-0.4, -0.2) is 25.8 Å². The average Bonchev–Trinajstić information content (AvgIpc) is 3.14. The number of hydrogen-bond donors (Lipinski definition) is 1. The minimum absolute atomic E-state index is 0.175. The number of aromatic nitrogens is 4. The van der Waals surface area contributed by atoms with E-state index >= 15 is 0 Å². The van der Waals surface area contributed by atoms with Crippen LogP contribution < -0.4 is 5.32 Å². The van der Waals surface area contributed by atoms with Crippen molar-refractivity contribution in [3.05, 3.63) is 65.5 Å².